The average molecular weight is 261 g/mol. The lowest BCUT2D eigenvalue weighted by atomic mass is 9.99. The normalized spacial score (nSPS) is 12.8. The molecule has 2 nitrogen and oxygen atoms in total. The molecule has 0 saturated heterocycles. The number of halogens is 2. The number of hydrogen-bond acceptors (Lipinski definition) is 2. The first-order valence-corrected chi connectivity index (χ1v) is 6.47. The Morgan fingerprint density at radius 1 is 1.38 bits per heavy atom. The lowest BCUT2D eigenvalue weighted by Crippen LogP contribution is -2.22. The number of anilines is 1. The van der Waals surface area contributed by atoms with Crippen LogP contribution >= 0.6 is 23.2 Å². The maximum atomic E-state index is 6.33. The smallest absolute Gasteiger partial charge is 0.0820 e. The highest BCUT2D eigenvalue weighted by molar-refractivity contribution is 6.33. The molecule has 1 unspecified atom stereocenters. The predicted molar refractivity (Wildman–Crippen MR) is 71.4 cm³/mol. The van der Waals surface area contributed by atoms with Crippen molar-refractivity contribution < 1.29 is 0 Å². The fourth-order valence-corrected chi connectivity index (χ4v) is 2.31. The van der Waals surface area contributed by atoms with Crippen molar-refractivity contribution in [3.05, 3.63) is 23.5 Å². The molecular weight excluding hydrogens is 243 g/mol. The van der Waals surface area contributed by atoms with Crippen LogP contribution in [0.2, 0.25) is 5.02 Å². The van der Waals surface area contributed by atoms with E-state index in [1.165, 1.54) is 0 Å². The van der Waals surface area contributed by atoms with Crippen molar-refractivity contribution in [2.24, 2.45) is 5.92 Å². The van der Waals surface area contributed by atoms with Gasteiger partial charge in [-0.1, -0.05) is 38.3 Å². The van der Waals surface area contributed by atoms with Gasteiger partial charge in [-0.25, -0.2) is 0 Å². The summed E-state index contributed by atoms with van der Waals surface area (Å²) in [6, 6.07) is 1.86. The maximum Gasteiger partial charge on any atom is 0.0820 e. The van der Waals surface area contributed by atoms with Crippen LogP contribution < -0.4 is 5.32 Å². The summed E-state index contributed by atoms with van der Waals surface area (Å²) >= 11 is 12.3. The van der Waals surface area contributed by atoms with Crippen LogP contribution in [-0.4, -0.2) is 16.9 Å². The van der Waals surface area contributed by atoms with E-state index in [2.05, 4.69) is 24.1 Å². The molecule has 1 N–H and O–H groups in total. The lowest BCUT2D eigenvalue weighted by Gasteiger charge is -2.20. The third-order valence-electron chi connectivity index (χ3n) is 2.82. The molecule has 0 fully saturated rings. The molecule has 0 aromatic carbocycles. The predicted octanol–water partition coefficient (Wildman–Crippen LogP) is 4.19. The minimum absolute atomic E-state index is 0.138. The number of nitrogens with one attached hydrogen (secondary N) is 1. The van der Waals surface area contributed by atoms with E-state index in [9.17, 15) is 0 Å². The first-order valence-electron chi connectivity index (χ1n) is 5.66. The molecule has 16 heavy (non-hydrogen) atoms. The van der Waals surface area contributed by atoms with Gasteiger partial charge in [0.25, 0.3) is 0 Å². The molecule has 1 aromatic heterocycles. The molecule has 1 heterocycles. The molecule has 0 aliphatic rings. The van der Waals surface area contributed by atoms with Crippen molar-refractivity contribution in [3.63, 3.8) is 0 Å². The second kappa shape index (κ2) is 6.97. The van der Waals surface area contributed by atoms with Crippen LogP contribution in [0.15, 0.2) is 18.5 Å². The van der Waals surface area contributed by atoms with E-state index in [1.807, 2.05) is 6.07 Å². The van der Waals surface area contributed by atoms with Crippen LogP contribution in [0.3, 0.4) is 0 Å². The van der Waals surface area contributed by atoms with Crippen LogP contribution in [-0.2, 0) is 0 Å². The van der Waals surface area contributed by atoms with E-state index in [0.717, 1.165) is 25.1 Å². The quantitative estimate of drug-likeness (QED) is 0.776. The van der Waals surface area contributed by atoms with Crippen LogP contribution in [0, 0.1) is 5.92 Å². The van der Waals surface area contributed by atoms with Crippen molar-refractivity contribution in [1.29, 1.82) is 0 Å². The van der Waals surface area contributed by atoms with Gasteiger partial charge in [-0.15, -0.1) is 11.6 Å². The summed E-state index contributed by atoms with van der Waals surface area (Å²) in [5.74, 6) is 0.551. The standard InChI is InChI=1S/C12H18Cl2N2/c1-3-9(4-2)10(13)8-16-12-5-6-15-7-11(12)14/h5-7,9-10H,3-4,8H2,1-2H3,(H,15,16). The first kappa shape index (κ1) is 13.6. The minimum Gasteiger partial charge on any atom is -0.382 e. The van der Waals surface area contributed by atoms with Gasteiger partial charge in [0, 0.05) is 18.9 Å². The van der Waals surface area contributed by atoms with Gasteiger partial charge in [0.1, 0.15) is 0 Å². The molecule has 90 valence electrons. The van der Waals surface area contributed by atoms with Crippen LogP contribution in [0.5, 0.6) is 0 Å². The molecule has 1 atom stereocenters. The van der Waals surface area contributed by atoms with E-state index < -0.39 is 0 Å². The van der Waals surface area contributed by atoms with Crippen molar-refractivity contribution in [2.45, 2.75) is 32.1 Å². The summed E-state index contributed by atoms with van der Waals surface area (Å²) in [6.45, 7) is 5.07. The largest absolute Gasteiger partial charge is 0.382 e. The van der Waals surface area contributed by atoms with E-state index in [1.54, 1.807) is 12.4 Å². The highest BCUT2D eigenvalue weighted by Crippen LogP contribution is 2.22. The Labute approximate surface area is 107 Å². The molecular formula is C12H18Cl2N2. The Bertz CT molecular complexity index is 314. The monoisotopic (exact) mass is 260 g/mol. The number of aromatic nitrogens is 1. The Morgan fingerprint density at radius 3 is 2.62 bits per heavy atom. The van der Waals surface area contributed by atoms with Gasteiger partial charge in [0.15, 0.2) is 0 Å². The fourth-order valence-electron chi connectivity index (χ4n) is 1.69. The van der Waals surface area contributed by atoms with E-state index in [0.29, 0.717) is 10.9 Å². The molecule has 0 aliphatic carbocycles. The first-order chi connectivity index (χ1) is 7.69. The number of nitrogens with zero attached hydrogens (tertiary/aromatic N) is 1. The average Bonchev–Trinajstić information content (AvgIpc) is 2.29. The molecule has 0 saturated carbocycles. The molecule has 1 aromatic rings. The summed E-state index contributed by atoms with van der Waals surface area (Å²) in [5.41, 5.74) is 0.897. The van der Waals surface area contributed by atoms with Crippen molar-refractivity contribution >= 4 is 28.9 Å². The van der Waals surface area contributed by atoms with Crippen LogP contribution in [0.1, 0.15) is 26.7 Å². The highest BCUT2D eigenvalue weighted by Gasteiger charge is 2.15. The van der Waals surface area contributed by atoms with E-state index in [4.69, 9.17) is 23.2 Å². The molecule has 4 heteroatoms. The van der Waals surface area contributed by atoms with Crippen molar-refractivity contribution in [2.75, 3.05) is 11.9 Å². The van der Waals surface area contributed by atoms with Gasteiger partial charge < -0.3 is 5.32 Å². The number of hydrogen-bond donors (Lipinski definition) is 1. The molecule has 0 spiro atoms. The van der Waals surface area contributed by atoms with Crippen LogP contribution in [0.25, 0.3) is 0 Å². The lowest BCUT2D eigenvalue weighted by molar-refractivity contribution is 0.475. The second-order valence-corrected chi connectivity index (χ2v) is 4.80. The number of pyridine rings is 1. The van der Waals surface area contributed by atoms with E-state index in [-0.39, 0.29) is 5.38 Å². The molecule has 0 amide bonds. The minimum atomic E-state index is 0.138. The summed E-state index contributed by atoms with van der Waals surface area (Å²) in [4.78, 5) is 3.93. The zero-order valence-electron chi connectivity index (χ0n) is 9.71. The third kappa shape index (κ3) is 3.84. The van der Waals surface area contributed by atoms with Gasteiger partial charge in [-0.3, -0.25) is 4.98 Å². The Morgan fingerprint density at radius 2 is 2.06 bits per heavy atom. The van der Waals surface area contributed by atoms with Crippen LogP contribution in [0.4, 0.5) is 5.69 Å². The summed E-state index contributed by atoms with van der Waals surface area (Å²) < 4.78 is 0. The Kier molecular flexibility index (Phi) is 5.93. The highest BCUT2D eigenvalue weighted by atomic mass is 35.5. The van der Waals surface area contributed by atoms with Gasteiger partial charge in [0.05, 0.1) is 16.1 Å². The van der Waals surface area contributed by atoms with Crippen molar-refractivity contribution in [1.82, 2.24) is 4.98 Å². The molecule has 1 rings (SSSR count). The molecule has 0 radical (unpaired) electrons. The van der Waals surface area contributed by atoms with Gasteiger partial charge in [0.2, 0.25) is 0 Å². The number of alkyl halides is 1. The summed E-state index contributed by atoms with van der Waals surface area (Å²) in [5, 5.41) is 4.03. The summed E-state index contributed by atoms with van der Waals surface area (Å²) in [7, 11) is 0. The van der Waals surface area contributed by atoms with Crippen molar-refractivity contribution in [3.8, 4) is 0 Å². The number of rotatable bonds is 6. The van der Waals surface area contributed by atoms with Gasteiger partial charge >= 0.3 is 0 Å². The molecule has 0 bridgehead atoms. The van der Waals surface area contributed by atoms with Gasteiger partial charge in [-0.2, -0.15) is 0 Å². The van der Waals surface area contributed by atoms with E-state index >= 15 is 0 Å². The SMILES string of the molecule is CCC(CC)C(Cl)CNc1ccncc1Cl. The third-order valence-corrected chi connectivity index (χ3v) is 3.63. The maximum absolute atomic E-state index is 6.33. The zero-order valence-corrected chi connectivity index (χ0v) is 11.2. The summed E-state index contributed by atoms with van der Waals surface area (Å²) in [6.07, 6.45) is 5.56. The van der Waals surface area contributed by atoms with Gasteiger partial charge in [-0.05, 0) is 12.0 Å². The second-order valence-electron chi connectivity index (χ2n) is 3.83. The Hall–Kier alpha value is -0.470. The zero-order chi connectivity index (χ0) is 12.0. The Balaban J connectivity index is 2.48. The topological polar surface area (TPSA) is 24.9 Å². The molecule has 0 aliphatic heterocycles. The fraction of sp³-hybridized carbons (Fsp3) is 0.583.